The van der Waals surface area contributed by atoms with Crippen LogP contribution in [0.25, 0.3) is 0 Å². The van der Waals surface area contributed by atoms with Gasteiger partial charge in [-0.25, -0.2) is 0 Å². The van der Waals surface area contributed by atoms with Crippen LogP contribution < -0.4 is 0 Å². The Bertz CT molecular complexity index is 567. The first-order valence-corrected chi connectivity index (χ1v) is 9.17. The smallest absolute Gasteiger partial charge is 0.303 e. The lowest BCUT2D eigenvalue weighted by atomic mass is 10.2. The van der Waals surface area contributed by atoms with Gasteiger partial charge in [0.2, 0.25) is 0 Å². The van der Waals surface area contributed by atoms with Crippen LogP contribution in [0, 0.1) is 0 Å². The van der Waals surface area contributed by atoms with E-state index in [2.05, 4.69) is 13.0 Å². The molecular formula is C22H30O4. The molecule has 3 atom stereocenters. The van der Waals surface area contributed by atoms with E-state index in [1.54, 1.807) is 6.08 Å². The van der Waals surface area contributed by atoms with Crippen LogP contribution in [0.4, 0.5) is 0 Å². The number of hydrogen-bond donors (Lipinski definition) is 2. The van der Waals surface area contributed by atoms with Crippen molar-refractivity contribution in [3.8, 4) is 0 Å². The molecule has 1 aliphatic heterocycles. The number of aliphatic hydroxyl groups is 1. The highest BCUT2D eigenvalue weighted by Gasteiger charge is 2.35. The number of aliphatic hydroxyl groups excluding tert-OH is 1. The predicted octanol–water partition coefficient (Wildman–Crippen LogP) is 4.51. The van der Waals surface area contributed by atoms with Gasteiger partial charge < -0.3 is 14.9 Å². The van der Waals surface area contributed by atoms with Crippen molar-refractivity contribution in [3.63, 3.8) is 0 Å². The number of hydrogen-bond acceptors (Lipinski definition) is 3. The molecule has 0 aromatic rings. The molecule has 0 amide bonds. The van der Waals surface area contributed by atoms with E-state index in [4.69, 9.17) is 9.84 Å². The van der Waals surface area contributed by atoms with E-state index >= 15 is 0 Å². The second-order valence-electron chi connectivity index (χ2n) is 6.00. The van der Waals surface area contributed by atoms with Crippen molar-refractivity contribution >= 4 is 5.97 Å². The van der Waals surface area contributed by atoms with Crippen LogP contribution >= 0.6 is 0 Å². The largest absolute Gasteiger partial charge is 0.481 e. The monoisotopic (exact) mass is 358 g/mol. The van der Waals surface area contributed by atoms with Crippen LogP contribution in [0.5, 0.6) is 0 Å². The quantitative estimate of drug-likeness (QED) is 0.289. The van der Waals surface area contributed by atoms with Crippen molar-refractivity contribution in [3.05, 3.63) is 72.9 Å². The van der Waals surface area contributed by atoms with Crippen molar-refractivity contribution in [1.29, 1.82) is 0 Å². The molecule has 1 rings (SSSR count). The number of rotatable bonds is 13. The first kappa shape index (κ1) is 21.9. The maximum Gasteiger partial charge on any atom is 0.303 e. The molecule has 2 N–H and O–H groups in total. The fourth-order valence-electron chi connectivity index (χ4n) is 2.19. The fraction of sp³-hybridized carbons (Fsp3) is 0.409. The Kier molecular flexibility index (Phi) is 11.8. The lowest BCUT2D eigenvalue weighted by molar-refractivity contribution is -0.137. The molecule has 0 saturated carbocycles. The molecular weight excluding hydrogens is 328 g/mol. The van der Waals surface area contributed by atoms with Gasteiger partial charge in [0.25, 0.3) is 0 Å². The van der Waals surface area contributed by atoms with Crippen molar-refractivity contribution in [2.24, 2.45) is 0 Å². The van der Waals surface area contributed by atoms with Gasteiger partial charge in [-0.1, -0.05) is 79.8 Å². The summed E-state index contributed by atoms with van der Waals surface area (Å²) in [4.78, 5) is 10.4. The van der Waals surface area contributed by atoms with Crippen molar-refractivity contribution in [1.82, 2.24) is 0 Å². The number of ether oxygens (including phenoxy) is 1. The highest BCUT2D eigenvalue weighted by molar-refractivity contribution is 5.66. The van der Waals surface area contributed by atoms with Gasteiger partial charge in [-0.05, 0) is 25.7 Å². The second kappa shape index (κ2) is 14.0. The van der Waals surface area contributed by atoms with E-state index < -0.39 is 12.1 Å². The van der Waals surface area contributed by atoms with Gasteiger partial charge in [0.1, 0.15) is 6.10 Å². The highest BCUT2D eigenvalue weighted by Crippen LogP contribution is 2.27. The molecule has 0 radical (unpaired) electrons. The van der Waals surface area contributed by atoms with Gasteiger partial charge in [0.05, 0.1) is 12.2 Å². The Morgan fingerprint density at radius 2 is 1.77 bits per heavy atom. The molecule has 1 aliphatic rings. The highest BCUT2D eigenvalue weighted by atomic mass is 16.6. The third-order valence-corrected chi connectivity index (χ3v) is 3.67. The molecule has 142 valence electrons. The molecule has 0 bridgehead atoms. The summed E-state index contributed by atoms with van der Waals surface area (Å²) in [6.07, 6.45) is 26.3. The number of allylic oxidation sites excluding steroid dienone is 9. The number of carboxylic acid groups (broad SMARTS) is 1. The van der Waals surface area contributed by atoms with Crippen molar-refractivity contribution < 1.29 is 19.7 Å². The number of carboxylic acids is 1. The van der Waals surface area contributed by atoms with E-state index in [0.717, 1.165) is 12.8 Å². The molecule has 0 spiro atoms. The zero-order valence-electron chi connectivity index (χ0n) is 15.4. The summed E-state index contributed by atoms with van der Waals surface area (Å²) in [5, 5.41) is 18.3. The number of carbonyl (C=O) groups is 1. The minimum atomic E-state index is -0.780. The lowest BCUT2D eigenvalue weighted by Gasteiger charge is -1.98. The van der Waals surface area contributed by atoms with Gasteiger partial charge in [-0.2, -0.15) is 0 Å². The third kappa shape index (κ3) is 12.2. The Morgan fingerprint density at radius 3 is 2.50 bits per heavy atom. The maximum absolute atomic E-state index is 10.4. The molecule has 2 unspecified atom stereocenters. The van der Waals surface area contributed by atoms with E-state index in [1.807, 2.05) is 60.8 Å². The molecule has 1 heterocycles. The van der Waals surface area contributed by atoms with E-state index in [-0.39, 0.29) is 18.6 Å². The zero-order valence-corrected chi connectivity index (χ0v) is 15.4. The Balaban J connectivity index is 2.08. The van der Waals surface area contributed by atoms with E-state index in [1.165, 1.54) is 0 Å². The Labute approximate surface area is 156 Å². The summed E-state index contributed by atoms with van der Waals surface area (Å²) in [5.41, 5.74) is 0. The van der Waals surface area contributed by atoms with E-state index in [0.29, 0.717) is 12.8 Å². The molecule has 1 fully saturated rings. The SMILES string of the molecule is CC/C=C\C[C@H](O)/C=C/C=C\C\C=C/C=C/C=C/C1OC1CCC(=O)O. The Hall–Kier alpha value is -2.17. The molecule has 1 saturated heterocycles. The van der Waals surface area contributed by atoms with Crippen LogP contribution in [0.3, 0.4) is 0 Å². The second-order valence-corrected chi connectivity index (χ2v) is 6.00. The first-order chi connectivity index (χ1) is 12.6. The average Bonchev–Trinajstić information content (AvgIpc) is 3.36. The number of epoxide rings is 1. The molecule has 0 aromatic heterocycles. The zero-order chi connectivity index (χ0) is 19.0. The lowest BCUT2D eigenvalue weighted by Crippen LogP contribution is -1.98. The summed E-state index contributed by atoms with van der Waals surface area (Å²) in [7, 11) is 0. The number of aliphatic carboxylic acids is 1. The fourth-order valence-corrected chi connectivity index (χ4v) is 2.19. The van der Waals surface area contributed by atoms with Gasteiger partial charge in [0, 0.05) is 6.42 Å². The summed E-state index contributed by atoms with van der Waals surface area (Å²) < 4.78 is 5.35. The van der Waals surface area contributed by atoms with Gasteiger partial charge >= 0.3 is 5.97 Å². The van der Waals surface area contributed by atoms with Gasteiger partial charge in [0.15, 0.2) is 0 Å². The van der Waals surface area contributed by atoms with Crippen LogP contribution in [0.1, 0.15) is 39.0 Å². The first-order valence-electron chi connectivity index (χ1n) is 9.17. The third-order valence-electron chi connectivity index (χ3n) is 3.67. The minimum absolute atomic E-state index is 0.0607. The summed E-state index contributed by atoms with van der Waals surface area (Å²) in [6, 6.07) is 0. The van der Waals surface area contributed by atoms with E-state index in [9.17, 15) is 9.90 Å². The average molecular weight is 358 g/mol. The molecule has 0 aromatic carbocycles. The molecule has 26 heavy (non-hydrogen) atoms. The molecule has 0 aliphatic carbocycles. The molecule has 4 nitrogen and oxygen atoms in total. The predicted molar refractivity (Wildman–Crippen MR) is 106 cm³/mol. The Morgan fingerprint density at radius 1 is 1.04 bits per heavy atom. The summed E-state index contributed by atoms with van der Waals surface area (Å²) in [6.45, 7) is 2.07. The maximum atomic E-state index is 10.4. The normalized spacial score (nSPS) is 22.1. The van der Waals surface area contributed by atoms with Crippen LogP contribution in [0.15, 0.2) is 72.9 Å². The van der Waals surface area contributed by atoms with Crippen molar-refractivity contribution in [2.45, 2.75) is 57.3 Å². The van der Waals surface area contributed by atoms with Gasteiger partial charge in [-0.15, -0.1) is 0 Å². The van der Waals surface area contributed by atoms with Crippen LogP contribution in [-0.2, 0) is 9.53 Å². The van der Waals surface area contributed by atoms with Crippen LogP contribution in [-0.4, -0.2) is 34.5 Å². The molecule has 4 heteroatoms. The minimum Gasteiger partial charge on any atom is -0.481 e. The topological polar surface area (TPSA) is 70.1 Å². The van der Waals surface area contributed by atoms with Crippen molar-refractivity contribution in [2.75, 3.05) is 0 Å². The summed E-state index contributed by atoms with van der Waals surface area (Å²) in [5.74, 6) is -0.780. The standard InChI is InChI=1S/C22H30O4/c1-2-3-11-14-19(23)15-12-9-7-5-4-6-8-10-13-16-20-21(26-20)17-18-22(24)25/h3-4,6-13,15-16,19-21,23H,2,5,14,17-18H2,1H3,(H,24,25)/b6-4-,9-7-,10-8+,11-3-,15-12+,16-13+/t19-,20?,21?/m0/s1. The van der Waals surface area contributed by atoms with Gasteiger partial charge in [-0.3, -0.25) is 4.79 Å². The summed E-state index contributed by atoms with van der Waals surface area (Å²) >= 11 is 0. The van der Waals surface area contributed by atoms with Crippen LogP contribution in [0.2, 0.25) is 0 Å².